The number of hydrogen-bond donors (Lipinski definition) is 2. The second kappa shape index (κ2) is 5.29. The Bertz CT molecular complexity index is 407. The minimum absolute atomic E-state index is 0.222. The molecule has 0 unspecified atom stereocenters. The first-order chi connectivity index (χ1) is 8.27. The van der Waals surface area contributed by atoms with Crippen molar-refractivity contribution in [3.8, 4) is 17.2 Å². The minimum Gasteiger partial charge on any atom is -0.488 e. The van der Waals surface area contributed by atoms with Gasteiger partial charge in [-0.15, -0.1) is 0 Å². The highest BCUT2D eigenvalue weighted by Crippen LogP contribution is 2.38. The topological polar surface area (TPSA) is 77.0 Å². The maximum absolute atomic E-state index is 10.2. The number of rotatable bonds is 4. The summed E-state index contributed by atoms with van der Waals surface area (Å²) in [6, 6.07) is 5.36. The molecule has 6 nitrogen and oxygen atoms in total. The molecule has 0 saturated heterocycles. The Labute approximate surface area is 98.1 Å². The maximum atomic E-state index is 10.2. The fourth-order valence-electron chi connectivity index (χ4n) is 1.48. The van der Waals surface area contributed by atoms with Crippen molar-refractivity contribution in [2.75, 3.05) is 26.4 Å². The van der Waals surface area contributed by atoms with Crippen LogP contribution in [0.2, 0.25) is 0 Å². The van der Waals surface area contributed by atoms with Crippen LogP contribution in [0, 0.1) is 0 Å². The number of hydrogen-bond acceptors (Lipinski definition) is 4. The van der Waals surface area contributed by atoms with Gasteiger partial charge >= 0.3 is 6.09 Å². The predicted octanol–water partition coefficient (Wildman–Crippen LogP) is 1.10. The second-order valence-electron chi connectivity index (χ2n) is 3.36. The summed E-state index contributed by atoms with van der Waals surface area (Å²) < 4.78 is 16.3. The molecule has 1 aromatic carbocycles. The quantitative estimate of drug-likeness (QED) is 0.769. The number of ether oxygens (including phenoxy) is 3. The molecule has 6 heteroatoms. The van der Waals surface area contributed by atoms with E-state index >= 15 is 0 Å². The Morgan fingerprint density at radius 3 is 3.06 bits per heavy atom. The maximum Gasteiger partial charge on any atom is 0.404 e. The first-order valence-electron chi connectivity index (χ1n) is 5.25. The summed E-state index contributed by atoms with van der Waals surface area (Å²) in [4.78, 5) is 10.2. The van der Waals surface area contributed by atoms with Gasteiger partial charge in [0.1, 0.15) is 19.8 Å². The molecule has 17 heavy (non-hydrogen) atoms. The van der Waals surface area contributed by atoms with Crippen molar-refractivity contribution >= 4 is 6.09 Å². The van der Waals surface area contributed by atoms with E-state index in [1.54, 1.807) is 18.2 Å². The summed E-state index contributed by atoms with van der Waals surface area (Å²) in [5.74, 6) is 1.79. The van der Waals surface area contributed by atoms with Gasteiger partial charge < -0.3 is 24.6 Å². The molecule has 1 aliphatic rings. The zero-order valence-electron chi connectivity index (χ0n) is 9.14. The van der Waals surface area contributed by atoms with Crippen molar-refractivity contribution in [1.82, 2.24) is 5.32 Å². The molecule has 2 rings (SSSR count). The SMILES string of the molecule is O=C(O)NCCOc1cccc2c1OCCO2. The van der Waals surface area contributed by atoms with Crippen LogP contribution in [-0.2, 0) is 0 Å². The van der Waals surface area contributed by atoms with Crippen molar-refractivity contribution in [2.45, 2.75) is 0 Å². The van der Waals surface area contributed by atoms with Crippen LogP contribution in [0.25, 0.3) is 0 Å². The Morgan fingerprint density at radius 1 is 1.41 bits per heavy atom. The molecule has 0 radical (unpaired) electrons. The van der Waals surface area contributed by atoms with E-state index in [0.29, 0.717) is 30.5 Å². The molecular weight excluding hydrogens is 226 g/mol. The van der Waals surface area contributed by atoms with E-state index in [9.17, 15) is 4.79 Å². The van der Waals surface area contributed by atoms with Crippen LogP contribution in [0.3, 0.4) is 0 Å². The molecule has 2 N–H and O–H groups in total. The van der Waals surface area contributed by atoms with Crippen LogP contribution >= 0.6 is 0 Å². The average Bonchev–Trinajstić information content (AvgIpc) is 2.34. The van der Waals surface area contributed by atoms with Crippen LogP contribution in [0.15, 0.2) is 18.2 Å². The van der Waals surface area contributed by atoms with Crippen molar-refractivity contribution in [2.24, 2.45) is 0 Å². The van der Waals surface area contributed by atoms with Gasteiger partial charge in [-0.05, 0) is 12.1 Å². The third-order valence-corrected chi connectivity index (χ3v) is 2.17. The van der Waals surface area contributed by atoms with E-state index < -0.39 is 6.09 Å². The molecule has 1 amide bonds. The van der Waals surface area contributed by atoms with E-state index in [1.807, 2.05) is 0 Å². The van der Waals surface area contributed by atoms with Crippen LogP contribution < -0.4 is 19.5 Å². The van der Waals surface area contributed by atoms with E-state index in [2.05, 4.69) is 5.32 Å². The highest BCUT2D eigenvalue weighted by Gasteiger charge is 2.16. The lowest BCUT2D eigenvalue weighted by molar-refractivity contribution is 0.161. The first-order valence-corrected chi connectivity index (χ1v) is 5.25. The van der Waals surface area contributed by atoms with E-state index in [1.165, 1.54) is 0 Å². The van der Waals surface area contributed by atoms with E-state index in [-0.39, 0.29) is 13.2 Å². The molecule has 0 aromatic heterocycles. The highest BCUT2D eigenvalue weighted by atomic mass is 16.6. The molecule has 92 valence electrons. The predicted molar refractivity (Wildman–Crippen MR) is 59.0 cm³/mol. The zero-order valence-corrected chi connectivity index (χ0v) is 9.14. The van der Waals surface area contributed by atoms with Gasteiger partial charge in [0.25, 0.3) is 0 Å². The van der Waals surface area contributed by atoms with Crippen LogP contribution in [0.4, 0.5) is 4.79 Å². The Hall–Kier alpha value is -2.11. The third-order valence-electron chi connectivity index (χ3n) is 2.17. The first kappa shape index (κ1) is 11.4. The molecule has 1 aliphatic heterocycles. The molecule has 1 heterocycles. The molecular formula is C11H13NO5. The van der Waals surface area contributed by atoms with Gasteiger partial charge in [-0.1, -0.05) is 6.07 Å². The Kier molecular flexibility index (Phi) is 3.54. The van der Waals surface area contributed by atoms with Crippen LogP contribution in [0.5, 0.6) is 17.2 Å². The van der Waals surface area contributed by atoms with Gasteiger partial charge in [0.05, 0.1) is 6.54 Å². The van der Waals surface area contributed by atoms with E-state index in [0.717, 1.165) is 0 Å². The largest absolute Gasteiger partial charge is 0.488 e. The summed E-state index contributed by atoms with van der Waals surface area (Å²) in [5.41, 5.74) is 0. The number of amides is 1. The van der Waals surface area contributed by atoms with Gasteiger partial charge in [0, 0.05) is 0 Å². The molecule has 0 aliphatic carbocycles. The lowest BCUT2D eigenvalue weighted by Crippen LogP contribution is -2.26. The summed E-state index contributed by atoms with van der Waals surface area (Å²) in [6.45, 7) is 1.48. The van der Waals surface area contributed by atoms with Gasteiger partial charge in [0.15, 0.2) is 11.5 Å². The molecule has 0 atom stereocenters. The third kappa shape index (κ3) is 2.93. The number of para-hydroxylation sites is 1. The standard InChI is InChI=1S/C11H13NO5/c13-11(14)12-4-5-15-8-2-1-3-9-10(8)17-7-6-16-9/h1-3,12H,4-7H2,(H,13,14). The fraction of sp³-hybridized carbons (Fsp3) is 0.364. The number of carboxylic acid groups (broad SMARTS) is 1. The number of carbonyl (C=O) groups is 1. The summed E-state index contributed by atoms with van der Waals surface area (Å²) >= 11 is 0. The molecule has 0 fully saturated rings. The summed E-state index contributed by atoms with van der Waals surface area (Å²) in [7, 11) is 0. The smallest absolute Gasteiger partial charge is 0.404 e. The summed E-state index contributed by atoms with van der Waals surface area (Å²) in [6.07, 6.45) is -1.07. The van der Waals surface area contributed by atoms with Gasteiger partial charge in [-0.2, -0.15) is 0 Å². The number of nitrogens with one attached hydrogen (secondary N) is 1. The van der Waals surface area contributed by atoms with Gasteiger partial charge in [0.2, 0.25) is 5.75 Å². The van der Waals surface area contributed by atoms with Crippen molar-refractivity contribution < 1.29 is 24.1 Å². The Morgan fingerprint density at radius 2 is 2.24 bits per heavy atom. The van der Waals surface area contributed by atoms with Crippen molar-refractivity contribution in [1.29, 1.82) is 0 Å². The van der Waals surface area contributed by atoms with E-state index in [4.69, 9.17) is 19.3 Å². The Balaban J connectivity index is 1.94. The monoisotopic (exact) mass is 239 g/mol. The summed E-state index contributed by atoms with van der Waals surface area (Å²) in [5, 5.41) is 10.6. The lowest BCUT2D eigenvalue weighted by atomic mass is 10.3. The molecule has 0 spiro atoms. The normalized spacial score (nSPS) is 12.9. The number of fused-ring (bicyclic) bond motifs is 1. The molecule has 0 saturated carbocycles. The van der Waals surface area contributed by atoms with Crippen molar-refractivity contribution in [3.63, 3.8) is 0 Å². The average molecular weight is 239 g/mol. The minimum atomic E-state index is -1.07. The number of benzene rings is 1. The highest BCUT2D eigenvalue weighted by molar-refractivity contribution is 5.64. The molecule has 0 bridgehead atoms. The van der Waals surface area contributed by atoms with Gasteiger partial charge in [-0.25, -0.2) is 4.79 Å². The van der Waals surface area contributed by atoms with Crippen LogP contribution in [-0.4, -0.2) is 37.6 Å². The zero-order chi connectivity index (χ0) is 12.1. The van der Waals surface area contributed by atoms with Crippen LogP contribution in [0.1, 0.15) is 0 Å². The fourth-order valence-corrected chi connectivity index (χ4v) is 1.48. The lowest BCUT2D eigenvalue weighted by Gasteiger charge is -2.20. The second-order valence-corrected chi connectivity index (χ2v) is 3.36. The molecule has 1 aromatic rings. The van der Waals surface area contributed by atoms with Crippen molar-refractivity contribution in [3.05, 3.63) is 18.2 Å². The van der Waals surface area contributed by atoms with Gasteiger partial charge in [-0.3, -0.25) is 0 Å².